The van der Waals surface area contributed by atoms with Gasteiger partial charge >= 0.3 is 0 Å². The van der Waals surface area contributed by atoms with Gasteiger partial charge < -0.3 is 14.2 Å². The van der Waals surface area contributed by atoms with Crippen LogP contribution in [0.5, 0.6) is 17.4 Å². The maximum atomic E-state index is 12.2. The molecule has 2 heterocycles. The first kappa shape index (κ1) is 23.1. The summed E-state index contributed by atoms with van der Waals surface area (Å²) in [6.07, 6.45) is 0.113. The Bertz CT molecular complexity index is 1340. The van der Waals surface area contributed by atoms with Crippen molar-refractivity contribution in [2.45, 2.75) is 13.2 Å². The van der Waals surface area contributed by atoms with Crippen molar-refractivity contribution in [3.8, 4) is 17.4 Å². The second-order valence-corrected chi connectivity index (χ2v) is 7.17. The van der Waals surface area contributed by atoms with Gasteiger partial charge in [-0.15, -0.1) is 5.10 Å². The van der Waals surface area contributed by atoms with E-state index in [0.717, 1.165) is 11.2 Å². The lowest BCUT2D eigenvalue weighted by molar-refractivity contribution is -0.385. The highest BCUT2D eigenvalue weighted by Gasteiger charge is 2.34. The van der Waals surface area contributed by atoms with Gasteiger partial charge in [0.05, 0.1) is 17.0 Å². The number of nitro benzene ring substituents is 1. The number of nitrogens with zero attached hydrogens (tertiary/aromatic N) is 5. The predicted molar refractivity (Wildman–Crippen MR) is 120 cm³/mol. The predicted octanol–water partition coefficient (Wildman–Crippen LogP) is 3.94. The van der Waals surface area contributed by atoms with Gasteiger partial charge in [-0.1, -0.05) is 6.07 Å². The van der Waals surface area contributed by atoms with Crippen LogP contribution in [-0.2, 0) is 9.53 Å². The van der Waals surface area contributed by atoms with Crippen LogP contribution in [0.3, 0.4) is 0 Å². The molecule has 0 N–H and O–H groups in total. The number of methoxy groups -OCH3 is 1. The Labute approximate surface area is 197 Å². The Hall–Kier alpha value is -5.07. The van der Waals surface area contributed by atoms with E-state index in [4.69, 9.17) is 14.2 Å². The smallest absolute Gasteiger partial charge is 0.287 e. The molecule has 1 amide bonds. The minimum atomic E-state index is -0.956. The number of hydrazone groups is 1. The number of pyridine rings is 1. The van der Waals surface area contributed by atoms with Gasteiger partial charge in [-0.3, -0.25) is 25.0 Å². The molecule has 1 aliphatic heterocycles. The van der Waals surface area contributed by atoms with E-state index in [0.29, 0.717) is 11.1 Å². The molecule has 13 heteroatoms. The second kappa shape index (κ2) is 9.43. The first-order chi connectivity index (χ1) is 16.8. The topological polar surface area (TPSA) is 160 Å². The zero-order chi connectivity index (χ0) is 25.1. The molecule has 0 spiro atoms. The number of hydrogen-bond donors (Lipinski definition) is 0. The van der Waals surface area contributed by atoms with E-state index in [9.17, 15) is 25.0 Å². The van der Waals surface area contributed by atoms with Gasteiger partial charge in [-0.2, -0.15) is 5.01 Å². The van der Waals surface area contributed by atoms with Crippen molar-refractivity contribution >= 4 is 23.2 Å². The number of amides is 1. The molecule has 1 aliphatic rings. The number of carbonyl (C=O) groups excluding carboxylic acids is 1. The number of rotatable bonds is 7. The molecule has 178 valence electrons. The lowest BCUT2D eigenvalue weighted by Crippen LogP contribution is -2.25. The molecule has 0 radical (unpaired) electrons. The molecule has 35 heavy (non-hydrogen) atoms. The molecule has 0 bridgehead atoms. The van der Waals surface area contributed by atoms with Crippen LogP contribution < -0.4 is 9.47 Å². The minimum absolute atomic E-state index is 0.0447. The van der Waals surface area contributed by atoms with Gasteiger partial charge in [0.1, 0.15) is 6.20 Å². The minimum Gasteiger partial charge on any atom is -0.493 e. The lowest BCUT2D eigenvalue weighted by atomic mass is 10.1. The summed E-state index contributed by atoms with van der Waals surface area (Å²) in [6, 6.07) is 13.1. The van der Waals surface area contributed by atoms with Crippen LogP contribution in [0.1, 0.15) is 24.3 Å². The molecule has 13 nitrogen and oxygen atoms in total. The molecule has 0 saturated heterocycles. The highest BCUT2D eigenvalue weighted by atomic mass is 16.6. The van der Waals surface area contributed by atoms with E-state index in [1.54, 1.807) is 24.3 Å². The molecule has 3 aromatic rings. The molecule has 0 saturated carbocycles. The SMILES string of the molecule is COc1cc([C@H]2OC(c3cccc([N+](=O)[O-])c3)=NN2C(C)=O)ccc1Oc1ccc([N+](=O)[O-])cn1. The van der Waals surface area contributed by atoms with E-state index in [1.165, 1.54) is 44.4 Å². The van der Waals surface area contributed by atoms with Crippen molar-refractivity contribution < 1.29 is 28.9 Å². The van der Waals surface area contributed by atoms with E-state index >= 15 is 0 Å². The first-order valence-electron chi connectivity index (χ1n) is 10.0. The molecule has 0 unspecified atom stereocenters. The molecule has 4 rings (SSSR count). The summed E-state index contributed by atoms with van der Waals surface area (Å²) in [7, 11) is 1.42. The van der Waals surface area contributed by atoms with Crippen molar-refractivity contribution in [1.29, 1.82) is 0 Å². The number of ether oxygens (including phenoxy) is 3. The third-order valence-electron chi connectivity index (χ3n) is 4.89. The van der Waals surface area contributed by atoms with Crippen LogP contribution in [0.2, 0.25) is 0 Å². The van der Waals surface area contributed by atoms with E-state index < -0.39 is 22.0 Å². The Balaban J connectivity index is 1.60. The average molecular weight is 479 g/mol. The van der Waals surface area contributed by atoms with Crippen LogP contribution in [0.15, 0.2) is 65.9 Å². The van der Waals surface area contributed by atoms with Crippen molar-refractivity contribution in [1.82, 2.24) is 9.99 Å². The van der Waals surface area contributed by atoms with Gasteiger partial charge in [0.2, 0.25) is 23.9 Å². The molecule has 1 aromatic heterocycles. The van der Waals surface area contributed by atoms with Gasteiger partial charge in [0.25, 0.3) is 11.4 Å². The highest BCUT2D eigenvalue weighted by molar-refractivity contribution is 5.96. The monoisotopic (exact) mass is 479 g/mol. The van der Waals surface area contributed by atoms with Crippen LogP contribution in [-0.4, -0.2) is 38.8 Å². The summed E-state index contributed by atoms with van der Waals surface area (Å²) in [5, 5.41) is 27.2. The largest absolute Gasteiger partial charge is 0.493 e. The van der Waals surface area contributed by atoms with Crippen molar-refractivity contribution in [3.05, 3.63) is 92.1 Å². The fourth-order valence-electron chi connectivity index (χ4n) is 3.23. The Morgan fingerprint density at radius 3 is 2.43 bits per heavy atom. The molecule has 0 aliphatic carbocycles. The summed E-state index contributed by atoms with van der Waals surface area (Å²) in [6.45, 7) is 1.31. The fourth-order valence-corrected chi connectivity index (χ4v) is 3.23. The Morgan fingerprint density at radius 2 is 1.80 bits per heavy atom. The van der Waals surface area contributed by atoms with Crippen molar-refractivity contribution in [3.63, 3.8) is 0 Å². The third-order valence-corrected chi connectivity index (χ3v) is 4.89. The highest BCUT2D eigenvalue weighted by Crippen LogP contribution is 2.37. The quantitative estimate of drug-likeness (QED) is 0.361. The zero-order valence-electron chi connectivity index (χ0n) is 18.4. The summed E-state index contributed by atoms with van der Waals surface area (Å²) < 4.78 is 17.0. The van der Waals surface area contributed by atoms with E-state index in [-0.39, 0.29) is 34.7 Å². The number of nitro groups is 2. The van der Waals surface area contributed by atoms with Crippen molar-refractivity contribution in [2.24, 2.45) is 5.10 Å². The van der Waals surface area contributed by atoms with Crippen LogP contribution in [0.25, 0.3) is 0 Å². The number of aromatic nitrogens is 1. The fraction of sp³-hybridized carbons (Fsp3) is 0.136. The molecule has 1 atom stereocenters. The maximum Gasteiger partial charge on any atom is 0.287 e. The third kappa shape index (κ3) is 4.83. The molecule has 0 fully saturated rings. The molecular formula is C22H17N5O8. The summed E-state index contributed by atoms with van der Waals surface area (Å²) in [4.78, 5) is 36.9. The van der Waals surface area contributed by atoms with Gasteiger partial charge in [-0.05, 0) is 24.3 Å². The summed E-state index contributed by atoms with van der Waals surface area (Å²) >= 11 is 0. The second-order valence-electron chi connectivity index (χ2n) is 7.17. The number of carbonyl (C=O) groups is 1. The maximum absolute atomic E-state index is 12.2. The number of hydrogen-bond acceptors (Lipinski definition) is 10. The zero-order valence-corrected chi connectivity index (χ0v) is 18.4. The standard InChI is InChI=1S/C22H17N5O8/c1-13(28)25-22(35-21(24-25)14-4-3-5-16(10-14)26(29)30)15-6-8-18(19(11-15)33-2)34-20-9-7-17(12-23-20)27(31)32/h3-12,22H,1-2H3/t22-/m1/s1. The number of benzene rings is 2. The van der Waals surface area contributed by atoms with Gasteiger partial charge in [0, 0.05) is 42.3 Å². The Kier molecular flexibility index (Phi) is 6.22. The lowest BCUT2D eigenvalue weighted by Gasteiger charge is -2.20. The molecule has 2 aromatic carbocycles. The van der Waals surface area contributed by atoms with Crippen molar-refractivity contribution in [2.75, 3.05) is 7.11 Å². The van der Waals surface area contributed by atoms with E-state index in [1.807, 2.05) is 0 Å². The number of non-ortho nitro benzene ring substituents is 1. The molecular weight excluding hydrogens is 462 g/mol. The van der Waals surface area contributed by atoms with Gasteiger partial charge in [-0.25, -0.2) is 4.98 Å². The Morgan fingerprint density at radius 1 is 1.03 bits per heavy atom. The summed E-state index contributed by atoms with van der Waals surface area (Å²) in [5.41, 5.74) is 0.505. The first-order valence-corrected chi connectivity index (χ1v) is 10.0. The van der Waals surface area contributed by atoms with Gasteiger partial charge in [0.15, 0.2) is 11.5 Å². The average Bonchev–Trinajstić information content (AvgIpc) is 3.31. The van der Waals surface area contributed by atoms with Crippen LogP contribution in [0, 0.1) is 20.2 Å². The normalized spacial score (nSPS) is 14.6. The summed E-state index contributed by atoms with van der Waals surface area (Å²) in [5.74, 6) is 0.289. The van der Waals surface area contributed by atoms with Crippen LogP contribution in [0.4, 0.5) is 11.4 Å². The van der Waals surface area contributed by atoms with E-state index in [2.05, 4.69) is 10.1 Å². The van der Waals surface area contributed by atoms with Crippen LogP contribution >= 0.6 is 0 Å².